The Labute approximate surface area is 176 Å². The van der Waals surface area contributed by atoms with Crippen molar-refractivity contribution in [3.05, 3.63) is 59.2 Å². The van der Waals surface area contributed by atoms with Gasteiger partial charge >= 0.3 is 5.97 Å². The van der Waals surface area contributed by atoms with Crippen LogP contribution in [0.15, 0.2) is 42.5 Å². The van der Waals surface area contributed by atoms with Crippen LogP contribution in [0.5, 0.6) is 11.5 Å². The van der Waals surface area contributed by atoms with E-state index in [2.05, 4.69) is 17.0 Å². The van der Waals surface area contributed by atoms with Crippen LogP contribution in [0.4, 0.5) is 0 Å². The lowest BCUT2D eigenvalue weighted by Gasteiger charge is -2.24. The van der Waals surface area contributed by atoms with E-state index in [-0.39, 0.29) is 11.8 Å². The number of carbonyl (C=O) groups is 2. The van der Waals surface area contributed by atoms with Gasteiger partial charge in [-0.05, 0) is 49.1 Å². The molecule has 1 heterocycles. The number of hydrogen-bond acceptors (Lipinski definition) is 6. The monoisotopic (exact) mass is 409 g/mol. The SMILES string of the molecule is COc1cc2c(cc1OC)C(=O)C(C(=O)OCC1CCCN1Cc1ccccc1)C2. The van der Waals surface area contributed by atoms with Crippen molar-refractivity contribution in [2.24, 2.45) is 5.92 Å². The molecule has 4 rings (SSSR count). The van der Waals surface area contributed by atoms with Crippen LogP contribution in [0.1, 0.15) is 34.3 Å². The van der Waals surface area contributed by atoms with Crippen LogP contribution in [0, 0.1) is 5.92 Å². The quantitative estimate of drug-likeness (QED) is 0.517. The Morgan fingerprint density at radius 3 is 2.57 bits per heavy atom. The maximum Gasteiger partial charge on any atom is 0.317 e. The number of carbonyl (C=O) groups excluding carboxylic acids is 2. The predicted molar refractivity (Wildman–Crippen MR) is 112 cm³/mol. The maximum absolute atomic E-state index is 12.8. The molecule has 0 amide bonds. The first-order valence-electron chi connectivity index (χ1n) is 10.3. The van der Waals surface area contributed by atoms with Crippen LogP contribution in [0.2, 0.25) is 0 Å². The molecule has 6 nitrogen and oxygen atoms in total. The molecule has 1 saturated heterocycles. The fourth-order valence-electron chi connectivity index (χ4n) is 4.40. The molecule has 2 aliphatic rings. The predicted octanol–water partition coefficient (Wildman–Crippen LogP) is 3.27. The number of benzene rings is 2. The molecule has 0 N–H and O–H groups in total. The molecule has 1 aliphatic carbocycles. The van der Waals surface area contributed by atoms with Gasteiger partial charge in [0.1, 0.15) is 12.5 Å². The molecule has 6 heteroatoms. The summed E-state index contributed by atoms with van der Waals surface area (Å²) in [6.45, 7) is 2.15. The number of rotatable bonds is 7. The third kappa shape index (κ3) is 4.05. The van der Waals surface area contributed by atoms with Gasteiger partial charge in [-0.1, -0.05) is 30.3 Å². The Morgan fingerprint density at radius 1 is 1.10 bits per heavy atom. The van der Waals surface area contributed by atoms with Crippen molar-refractivity contribution in [3.63, 3.8) is 0 Å². The average Bonchev–Trinajstić information content (AvgIpc) is 3.35. The number of nitrogens with zero attached hydrogens (tertiary/aromatic N) is 1. The molecule has 0 aromatic heterocycles. The van der Waals surface area contributed by atoms with Crippen LogP contribution in [0.25, 0.3) is 0 Å². The van der Waals surface area contributed by atoms with E-state index in [1.165, 1.54) is 12.7 Å². The molecule has 2 aromatic rings. The number of fused-ring (bicyclic) bond motifs is 1. The number of methoxy groups -OCH3 is 2. The van der Waals surface area contributed by atoms with Gasteiger partial charge in [-0.3, -0.25) is 14.5 Å². The highest BCUT2D eigenvalue weighted by molar-refractivity contribution is 6.12. The second-order valence-electron chi connectivity index (χ2n) is 7.87. The topological polar surface area (TPSA) is 65.1 Å². The molecule has 0 bridgehead atoms. The number of hydrogen-bond donors (Lipinski definition) is 0. The summed E-state index contributed by atoms with van der Waals surface area (Å²) >= 11 is 0. The van der Waals surface area contributed by atoms with Gasteiger partial charge in [-0.25, -0.2) is 0 Å². The minimum Gasteiger partial charge on any atom is -0.493 e. The van der Waals surface area contributed by atoms with Crippen molar-refractivity contribution in [1.29, 1.82) is 0 Å². The van der Waals surface area contributed by atoms with Crippen LogP contribution < -0.4 is 9.47 Å². The number of ether oxygens (including phenoxy) is 3. The van der Waals surface area contributed by atoms with Crippen molar-refractivity contribution in [1.82, 2.24) is 4.90 Å². The van der Waals surface area contributed by atoms with Crippen molar-refractivity contribution in [2.75, 3.05) is 27.4 Å². The second-order valence-corrected chi connectivity index (χ2v) is 7.87. The summed E-state index contributed by atoms with van der Waals surface area (Å²) < 4.78 is 16.2. The van der Waals surface area contributed by atoms with Crippen molar-refractivity contribution in [2.45, 2.75) is 31.8 Å². The van der Waals surface area contributed by atoms with Gasteiger partial charge in [-0.15, -0.1) is 0 Å². The smallest absolute Gasteiger partial charge is 0.317 e. The van der Waals surface area contributed by atoms with Crippen molar-refractivity contribution >= 4 is 11.8 Å². The number of likely N-dealkylation sites (tertiary alicyclic amines) is 1. The van der Waals surface area contributed by atoms with E-state index in [1.807, 2.05) is 18.2 Å². The Kier molecular flexibility index (Phi) is 6.04. The van der Waals surface area contributed by atoms with E-state index in [9.17, 15) is 9.59 Å². The number of esters is 1. The molecular formula is C24H27NO5. The number of ketones is 1. The molecule has 1 aliphatic heterocycles. The van der Waals surface area contributed by atoms with Gasteiger partial charge in [0.2, 0.25) is 0 Å². The summed E-state index contributed by atoms with van der Waals surface area (Å²) in [6.07, 6.45) is 2.42. The van der Waals surface area contributed by atoms with Gasteiger partial charge in [0.15, 0.2) is 17.3 Å². The average molecular weight is 409 g/mol. The van der Waals surface area contributed by atoms with E-state index in [0.717, 1.165) is 31.5 Å². The summed E-state index contributed by atoms with van der Waals surface area (Å²) in [5.41, 5.74) is 2.56. The summed E-state index contributed by atoms with van der Waals surface area (Å²) in [6, 6.07) is 13.9. The second kappa shape index (κ2) is 8.88. The largest absolute Gasteiger partial charge is 0.493 e. The third-order valence-electron chi connectivity index (χ3n) is 6.05. The molecule has 2 unspecified atom stereocenters. The zero-order chi connectivity index (χ0) is 21.1. The van der Waals surface area contributed by atoms with Gasteiger partial charge < -0.3 is 14.2 Å². The highest BCUT2D eigenvalue weighted by atomic mass is 16.5. The molecule has 158 valence electrons. The zero-order valence-electron chi connectivity index (χ0n) is 17.4. The Hall–Kier alpha value is -2.86. The lowest BCUT2D eigenvalue weighted by atomic mass is 10.1. The lowest BCUT2D eigenvalue weighted by molar-refractivity contribution is -0.148. The first-order valence-corrected chi connectivity index (χ1v) is 10.3. The summed E-state index contributed by atoms with van der Waals surface area (Å²) in [7, 11) is 3.08. The summed E-state index contributed by atoms with van der Waals surface area (Å²) in [5, 5.41) is 0. The normalized spacial score (nSPS) is 20.8. The fraction of sp³-hybridized carbons (Fsp3) is 0.417. The van der Waals surface area contributed by atoms with Crippen LogP contribution in [-0.4, -0.2) is 50.1 Å². The Bertz CT molecular complexity index is 927. The lowest BCUT2D eigenvalue weighted by Crippen LogP contribution is -2.35. The van der Waals surface area contributed by atoms with Gasteiger partial charge in [0, 0.05) is 18.2 Å². The summed E-state index contributed by atoms with van der Waals surface area (Å²) in [5.74, 6) is -0.397. The fourth-order valence-corrected chi connectivity index (χ4v) is 4.40. The van der Waals surface area contributed by atoms with E-state index in [4.69, 9.17) is 14.2 Å². The van der Waals surface area contributed by atoms with Crippen LogP contribution in [0.3, 0.4) is 0 Å². The van der Waals surface area contributed by atoms with E-state index >= 15 is 0 Å². The molecule has 0 spiro atoms. The molecule has 0 saturated carbocycles. The van der Waals surface area contributed by atoms with Crippen molar-refractivity contribution in [3.8, 4) is 11.5 Å². The highest BCUT2D eigenvalue weighted by Crippen LogP contribution is 2.37. The minimum atomic E-state index is -0.791. The van der Waals surface area contributed by atoms with E-state index in [1.54, 1.807) is 19.2 Å². The van der Waals surface area contributed by atoms with Gasteiger partial charge in [0.25, 0.3) is 0 Å². The molecule has 2 atom stereocenters. The molecule has 0 radical (unpaired) electrons. The standard InChI is InChI=1S/C24H27NO5/c1-28-21-12-17-11-20(23(26)19(17)13-22(21)29-2)24(27)30-15-18-9-6-10-25(18)14-16-7-4-3-5-8-16/h3-5,7-8,12-13,18,20H,6,9-11,14-15H2,1-2H3. The van der Waals surface area contributed by atoms with Gasteiger partial charge in [-0.2, -0.15) is 0 Å². The molecule has 30 heavy (non-hydrogen) atoms. The van der Waals surface area contributed by atoms with Crippen molar-refractivity contribution < 1.29 is 23.8 Å². The third-order valence-corrected chi connectivity index (χ3v) is 6.05. The minimum absolute atomic E-state index is 0.188. The van der Waals surface area contributed by atoms with Crippen LogP contribution in [-0.2, 0) is 22.5 Å². The van der Waals surface area contributed by atoms with Gasteiger partial charge in [0.05, 0.1) is 14.2 Å². The highest BCUT2D eigenvalue weighted by Gasteiger charge is 2.38. The molecular weight excluding hydrogens is 382 g/mol. The first kappa shape index (κ1) is 20.4. The van der Waals surface area contributed by atoms with E-state index in [0.29, 0.717) is 30.1 Å². The maximum atomic E-state index is 12.8. The Morgan fingerprint density at radius 2 is 1.83 bits per heavy atom. The zero-order valence-corrected chi connectivity index (χ0v) is 17.4. The molecule has 2 aromatic carbocycles. The number of Topliss-reactive ketones (excluding diaryl/α,β-unsaturated/α-hetero) is 1. The van der Waals surface area contributed by atoms with E-state index < -0.39 is 11.9 Å². The Balaban J connectivity index is 1.37. The summed E-state index contributed by atoms with van der Waals surface area (Å²) in [4.78, 5) is 27.9. The first-order chi connectivity index (χ1) is 14.6. The van der Waals surface area contributed by atoms with Crippen LogP contribution >= 0.6 is 0 Å². The molecule has 1 fully saturated rings.